The van der Waals surface area contributed by atoms with Crippen molar-refractivity contribution in [1.29, 1.82) is 0 Å². The van der Waals surface area contributed by atoms with Gasteiger partial charge in [-0.2, -0.15) is 0 Å². The Morgan fingerprint density at radius 2 is 1.88 bits per heavy atom. The van der Waals surface area contributed by atoms with Crippen LogP contribution in [-0.2, 0) is 11.2 Å². The normalized spacial score (nSPS) is 10.5. The van der Waals surface area contributed by atoms with Gasteiger partial charge in [-0.3, -0.25) is 0 Å². The van der Waals surface area contributed by atoms with Crippen molar-refractivity contribution in [1.82, 2.24) is 0 Å². The Hall–Kier alpha value is -1.83. The summed E-state index contributed by atoms with van der Waals surface area (Å²) in [5.41, 5.74) is 1.76. The van der Waals surface area contributed by atoms with Gasteiger partial charge in [0.05, 0.1) is 12.2 Å². The van der Waals surface area contributed by atoms with Crippen LogP contribution in [0.1, 0.15) is 29.8 Å². The molecule has 0 N–H and O–H groups in total. The van der Waals surface area contributed by atoms with Gasteiger partial charge in [-0.05, 0) is 29.7 Å². The number of aryl methyl sites for hydroxylation is 1. The lowest BCUT2D eigenvalue weighted by Crippen LogP contribution is -2.08. The van der Waals surface area contributed by atoms with Crippen molar-refractivity contribution in [2.45, 2.75) is 20.3 Å². The minimum atomic E-state index is -0.221. The van der Waals surface area contributed by atoms with Gasteiger partial charge >= 0.3 is 5.97 Å². The molecule has 0 amide bonds. The average Bonchev–Trinajstić information content (AvgIpc) is 2.37. The Morgan fingerprint density at radius 3 is 2.59 bits per heavy atom. The molecule has 2 rings (SSSR count). The molecule has 88 valence electrons. The Bertz CT molecular complexity index is 544. The standard InChI is InChI=1S/C15H16O2/c1-3-11-9-10-12-7-5-6-8-13(12)14(11)15(16)17-4-2/h5-10H,3-4H2,1-2H3. The second-order valence-electron chi connectivity index (χ2n) is 3.89. The van der Waals surface area contributed by atoms with Crippen LogP contribution in [0.2, 0.25) is 0 Å². The van der Waals surface area contributed by atoms with Gasteiger partial charge in [-0.25, -0.2) is 4.79 Å². The molecule has 0 atom stereocenters. The summed E-state index contributed by atoms with van der Waals surface area (Å²) in [5, 5.41) is 2.05. The number of hydrogen-bond acceptors (Lipinski definition) is 2. The number of benzene rings is 2. The number of esters is 1. The third-order valence-corrected chi connectivity index (χ3v) is 2.88. The molecule has 2 nitrogen and oxygen atoms in total. The van der Waals surface area contributed by atoms with Crippen molar-refractivity contribution in [2.24, 2.45) is 0 Å². The molecule has 0 aliphatic carbocycles. The predicted octanol–water partition coefficient (Wildman–Crippen LogP) is 3.58. The fraction of sp³-hybridized carbons (Fsp3) is 0.267. The molecule has 0 aliphatic heterocycles. The lowest BCUT2D eigenvalue weighted by molar-refractivity contribution is 0.0527. The first kappa shape index (κ1) is 11.6. The van der Waals surface area contributed by atoms with Crippen molar-refractivity contribution in [3.05, 3.63) is 47.5 Å². The molecule has 0 heterocycles. The molecule has 0 spiro atoms. The predicted molar refractivity (Wildman–Crippen MR) is 69.3 cm³/mol. The zero-order chi connectivity index (χ0) is 12.3. The lowest BCUT2D eigenvalue weighted by atomic mass is 9.97. The van der Waals surface area contributed by atoms with Gasteiger partial charge in [-0.15, -0.1) is 0 Å². The van der Waals surface area contributed by atoms with E-state index in [9.17, 15) is 4.79 Å². The zero-order valence-electron chi connectivity index (χ0n) is 10.2. The van der Waals surface area contributed by atoms with Crippen LogP contribution >= 0.6 is 0 Å². The number of ether oxygens (including phenoxy) is 1. The van der Waals surface area contributed by atoms with Crippen LogP contribution in [-0.4, -0.2) is 12.6 Å². The van der Waals surface area contributed by atoms with Crippen molar-refractivity contribution in [3.63, 3.8) is 0 Å². The highest BCUT2D eigenvalue weighted by molar-refractivity contribution is 6.05. The molecule has 0 fully saturated rings. The Balaban J connectivity index is 2.67. The van der Waals surface area contributed by atoms with Crippen LogP contribution in [0.15, 0.2) is 36.4 Å². The van der Waals surface area contributed by atoms with Crippen LogP contribution in [0.5, 0.6) is 0 Å². The highest BCUT2D eigenvalue weighted by Gasteiger charge is 2.14. The summed E-state index contributed by atoms with van der Waals surface area (Å²) in [4.78, 5) is 12.0. The Labute approximate surface area is 101 Å². The summed E-state index contributed by atoms with van der Waals surface area (Å²) >= 11 is 0. The fourth-order valence-electron chi connectivity index (χ4n) is 2.06. The van der Waals surface area contributed by atoms with E-state index in [0.717, 1.165) is 22.8 Å². The van der Waals surface area contributed by atoms with Gasteiger partial charge in [0, 0.05) is 0 Å². The van der Waals surface area contributed by atoms with E-state index < -0.39 is 0 Å². The fourth-order valence-corrected chi connectivity index (χ4v) is 2.06. The lowest BCUT2D eigenvalue weighted by Gasteiger charge is -2.10. The Kier molecular flexibility index (Phi) is 3.43. The maximum absolute atomic E-state index is 12.0. The van der Waals surface area contributed by atoms with Crippen molar-refractivity contribution < 1.29 is 9.53 Å². The highest BCUT2D eigenvalue weighted by Crippen LogP contribution is 2.23. The molecule has 0 unspecified atom stereocenters. The SMILES string of the molecule is CCOC(=O)c1c(CC)ccc2ccccc12. The van der Waals surface area contributed by atoms with Gasteiger partial charge in [-0.1, -0.05) is 43.3 Å². The summed E-state index contributed by atoms with van der Waals surface area (Å²) in [6, 6.07) is 12.0. The zero-order valence-corrected chi connectivity index (χ0v) is 10.2. The van der Waals surface area contributed by atoms with Crippen LogP contribution in [0.25, 0.3) is 10.8 Å². The minimum absolute atomic E-state index is 0.221. The molecule has 2 aromatic carbocycles. The third kappa shape index (κ3) is 2.16. The first-order valence-electron chi connectivity index (χ1n) is 5.95. The van der Waals surface area contributed by atoms with E-state index in [2.05, 4.69) is 6.07 Å². The molecule has 0 aliphatic rings. The first-order valence-corrected chi connectivity index (χ1v) is 5.95. The van der Waals surface area contributed by atoms with Crippen molar-refractivity contribution >= 4 is 16.7 Å². The summed E-state index contributed by atoms with van der Waals surface area (Å²) in [5.74, 6) is -0.221. The third-order valence-electron chi connectivity index (χ3n) is 2.88. The topological polar surface area (TPSA) is 26.3 Å². The second-order valence-corrected chi connectivity index (χ2v) is 3.89. The maximum Gasteiger partial charge on any atom is 0.339 e. The molecule has 0 saturated carbocycles. The number of fused-ring (bicyclic) bond motifs is 1. The monoisotopic (exact) mass is 228 g/mol. The van der Waals surface area contributed by atoms with Crippen LogP contribution in [0.3, 0.4) is 0 Å². The first-order chi connectivity index (χ1) is 8.27. The largest absolute Gasteiger partial charge is 0.462 e. The molecule has 0 radical (unpaired) electrons. The summed E-state index contributed by atoms with van der Waals surface area (Å²) in [7, 11) is 0. The van der Waals surface area contributed by atoms with E-state index in [1.165, 1.54) is 0 Å². The molecule has 0 aromatic heterocycles. The average molecular weight is 228 g/mol. The second kappa shape index (κ2) is 5.00. The molecule has 0 saturated heterocycles. The molecular weight excluding hydrogens is 212 g/mol. The molecule has 2 aromatic rings. The highest BCUT2D eigenvalue weighted by atomic mass is 16.5. The van der Waals surface area contributed by atoms with E-state index in [0.29, 0.717) is 12.2 Å². The number of hydrogen-bond donors (Lipinski definition) is 0. The number of carbonyl (C=O) groups is 1. The van der Waals surface area contributed by atoms with E-state index in [4.69, 9.17) is 4.74 Å². The summed E-state index contributed by atoms with van der Waals surface area (Å²) in [6.07, 6.45) is 0.832. The van der Waals surface area contributed by atoms with Crippen LogP contribution in [0, 0.1) is 0 Å². The Morgan fingerprint density at radius 1 is 1.12 bits per heavy atom. The van der Waals surface area contributed by atoms with Crippen LogP contribution < -0.4 is 0 Å². The molecule has 0 bridgehead atoms. The van der Waals surface area contributed by atoms with Gasteiger partial charge in [0.25, 0.3) is 0 Å². The van der Waals surface area contributed by atoms with Crippen LogP contribution in [0.4, 0.5) is 0 Å². The van der Waals surface area contributed by atoms with Crippen molar-refractivity contribution in [3.8, 4) is 0 Å². The van der Waals surface area contributed by atoms with Gasteiger partial charge in [0.2, 0.25) is 0 Å². The maximum atomic E-state index is 12.0. The minimum Gasteiger partial charge on any atom is -0.462 e. The van der Waals surface area contributed by atoms with E-state index in [1.807, 2.05) is 44.2 Å². The van der Waals surface area contributed by atoms with E-state index >= 15 is 0 Å². The smallest absolute Gasteiger partial charge is 0.339 e. The number of carbonyl (C=O) groups excluding carboxylic acids is 1. The molecule has 2 heteroatoms. The summed E-state index contributed by atoms with van der Waals surface area (Å²) in [6.45, 7) is 4.28. The quantitative estimate of drug-likeness (QED) is 0.750. The van der Waals surface area contributed by atoms with Gasteiger partial charge < -0.3 is 4.74 Å². The van der Waals surface area contributed by atoms with E-state index in [1.54, 1.807) is 0 Å². The summed E-state index contributed by atoms with van der Waals surface area (Å²) < 4.78 is 5.14. The van der Waals surface area contributed by atoms with Gasteiger partial charge in [0.15, 0.2) is 0 Å². The molecule has 17 heavy (non-hydrogen) atoms. The molecular formula is C15H16O2. The van der Waals surface area contributed by atoms with Crippen molar-refractivity contribution in [2.75, 3.05) is 6.61 Å². The van der Waals surface area contributed by atoms with Gasteiger partial charge in [0.1, 0.15) is 0 Å². The number of rotatable bonds is 3. The van der Waals surface area contributed by atoms with E-state index in [-0.39, 0.29) is 5.97 Å².